The Balaban J connectivity index is 1.71. The molecule has 0 radical (unpaired) electrons. The molecule has 1 N–H and O–H groups in total. The summed E-state index contributed by atoms with van der Waals surface area (Å²) in [6.07, 6.45) is 3.95. The Morgan fingerprint density at radius 1 is 1.46 bits per heavy atom. The number of nitrogens with zero attached hydrogens (tertiary/aromatic N) is 5. The first-order chi connectivity index (χ1) is 11.5. The maximum Gasteiger partial charge on any atom is 0.350 e. The van der Waals surface area contributed by atoms with Crippen molar-refractivity contribution >= 4 is 11.6 Å². The van der Waals surface area contributed by atoms with Crippen molar-refractivity contribution in [1.29, 1.82) is 0 Å². The first-order valence-electron chi connectivity index (χ1n) is 7.52. The third-order valence-electron chi connectivity index (χ3n) is 3.47. The van der Waals surface area contributed by atoms with E-state index in [0.717, 1.165) is 18.7 Å². The van der Waals surface area contributed by atoms with E-state index in [-0.39, 0.29) is 30.4 Å². The topological polar surface area (TPSA) is 117 Å². The van der Waals surface area contributed by atoms with Crippen LogP contribution in [-0.2, 0) is 17.9 Å². The zero-order valence-corrected chi connectivity index (χ0v) is 13.6. The highest BCUT2D eigenvalue weighted by molar-refractivity contribution is 5.75. The van der Waals surface area contributed by atoms with E-state index in [4.69, 9.17) is 4.74 Å². The van der Waals surface area contributed by atoms with E-state index in [0.29, 0.717) is 6.54 Å². The average Bonchev–Trinajstić information content (AvgIpc) is 3.15. The van der Waals surface area contributed by atoms with Crippen LogP contribution in [0, 0.1) is 17.0 Å². The van der Waals surface area contributed by atoms with E-state index in [2.05, 4.69) is 15.5 Å². The van der Waals surface area contributed by atoms with Gasteiger partial charge in [-0.2, -0.15) is 5.10 Å². The highest BCUT2D eigenvalue weighted by Gasteiger charge is 2.20. The van der Waals surface area contributed by atoms with Crippen molar-refractivity contribution in [3.8, 4) is 5.88 Å². The van der Waals surface area contributed by atoms with Crippen LogP contribution in [-0.4, -0.2) is 44.0 Å². The summed E-state index contributed by atoms with van der Waals surface area (Å²) in [4.78, 5) is 22.0. The molecule has 0 spiro atoms. The highest BCUT2D eigenvalue weighted by atomic mass is 16.6. The van der Waals surface area contributed by atoms with Crippen molar-refractivity contribution in [3.63, 3.8) is 0 Å². The molecule has 0 fully saturated rings. The minimum Gasteiger partial charge on any atom is -0.475 e. The van der Waals surface area contributed by atoms with E-state index in [1.165, 1.54) is 18.0 Å². The normalized spacial score (nSPS) is 10.6. The largest absolute Gasteiger partial charge is 0.475 e. The molecule has 130 valence electrons. The van der Waals surface area contributed by atoms with Crippen LogP contribution < -0.4 is 10.1 Å². The molecule has 0 aliphatic rings. The van der Waals surface area contributed by atoms with Gasteiger partial charge in [-0.05, 0) is 19.4 Å². The zero-order chi connectivity index (χ0) is 17.5. The lowest BCUT2D eigenvalue weighted by atomic mass is 10.3. The first-order valence-corrected chi connectivity index (χ1v) is 7.52. The van der Waals surface area contributed by atoms with Gasteiger partial charge in [0.2, 0.25) is 5.91 Å². The second kappa shape index (κ2) is 8.09. The number of carbonyl (C=O) groups is 1. The molecule has 0 unspecified atom stereocenters. The lowest BCUT2D eigenvalue weighted by Crippen LogP contribution is -2.26. The van der Waals surface area contributed by atoms with Gasteiger partial charge in [0.05, 0.1) is 18.6 Å². The van der Waals surface area contributed by atoms with E-state index in [1.54, 1.807) is 6.20 Å². The Morgan fingerprint density at radius 3 is 2.83 bits per heavy atom. The number of carbonyl (C=O) groups excluding carboxylic acids is 1. The number of aryl methyl sites for hydroxylation is 3. The molecule has 10 heteroatoms. The SMILES string of the molecule is COc1nn(CCC(=O)NCCCn2nccc2C)cc1[N+](=O)[O-]. The zero-order valence-electron chi connectivity index (χ0n) is 13.6. The fourth-order valence-corrected chi connectivity index (χ4v) is 2.17. The first kappa shape index (κ1) is 17.4. The summed E-state index contributed by atoms with van der Waals surface area (Å²) in [5.74, 6) is -0.195. The second-order valence-corrected chi connectivity index (χ2v) is 5.19. The van der Waals surface area contributed by atoms with Gasteiger partial charge in [-0.3, -0.25) is 24.3 Å². The standard InChI is InChI=1S/C14H20N6O4/c1-11-4-7-16-19(11)8-3-6-15-13(21)5-9-18-10-12(20(22)23)14(17-18)24-2/h4,7,10H,3,5-6,8-9H2,1-2H3,(H,15,21). The Hall–Kier alpha value is -2.91. The number of methoxy groups -OCH3 is 1. The van der Waals surface area contributed by atoms with Gasteiger partial charge in [-0.25, -0.2) is 0 Å². The van der Waals surface area contributed by atoms with Gasteiger partial charge < -0.3 is 10.1 Å². The Kier molecular flexibility index (Phi) is 5.88. The number of hydrogen-bond acceptors (Lipinski definition) is 6. The summed E-state index contributed by atoms with van der Waals surface area (Å²) in [6.45, 7) is 3.50. The molecule has 0 atom stereocenters. The van der Waals surface area contributed by atoms with Gasteiger partial charge in [-0.1, -0.05) is 0 Å². The van der Waals surface area contributed by atoms with Crippen molar-refractivity contribution in [2.24, 2.45) is 0 Å². The van der Waals surface area contributed by atoms with Gasteiger partial charge in [0, 0.05) is 31.4 Å². The Labute approximate surface area is 138 Å². The van der Waals surface area contributed by atoms with Crippen LogP contribution in [0.5, 0.6) is 5.88 Å². The number of nitro groups is 1. The number of ether oxygens (including phenoxy) is 1. The van der Waals surface area contributed by atoms with E-state index < -0.39 is 4.92 Å². The third kappa shape index (κ3) is 4.54. The van der Waals surface area contributed by atoms with E-state index in [9.17, 15) is 14.9 Å². The molecular weight excluding hydrogens is 316 g/mol. The maximum absolute atomic E-state index is 11.8. The number of amides is 1. The molecule has 24 heavy (non-hydrogen) atoms. The second-order valence-electron chi connectivity index (χ2n) is 5.19. The number of nitrogens with one attached hydrogen (secondary N) is 1. The van der Waals surface area contributed by atoms with Gasteiger partial charge in [0.1, 0.15) is 6.20 Å². The number of rotatable bonds is 9. The van der Waals surface area contributed by atoms with E-state index >= 15 is 0 Å². The summed E-state index contributed by atoms with van der Waals surface area (Å²) < 4.78 is 8.05. The summed E-state index contributed by atoms with van der Waals surface area (Å²) in [5.41, 5.74) is 0.864. The maximum atomic E-state index is 11.8. The van der Waals surface area contributed by atoms with Gasteiger partial charge in [-0.15, -0.1) is 5.10 Å². The Morgan fingerprint density at radius 2 is 2.25 bits per heavy atom. The third-order valence-corrected chi connectivity index (χ3v) is 3.47. The predicted octanol–water partition coefficient (Wildman–Crippen LogP) is 0.901. The fraction of sp³-hybridized carbons (Fsp3) is 0.500. The van der Waals surface area contributed by atoms with Crippen LogP contribution in [0.15, 0.2) is 18.5 Å². The van der Waals surface area contributed by atoms with Crippen molar-refractivity contribution in [3.05, 3.63) is 34.3 Å². The van der Waals surface area contributed by atoms with Gasteiger partial charge in [0.25, 0.3) is 0 Å². The summed E-state index contributed by atoms with van der Waals surface area (Å²) >= 11 is 0. The molecule has 0 bridgehead atoms. The number of aromatic nitrogens is 4. The summed E-state index contributed by atoms with van der Waals surface area (Å²) in [6, 6.07) is 1.93. The molecule has 10 nitrogen and oxygen atoms in total. The molecule has 0 saturated heterocycles. The van der Waals surface area contributed by atoms with Crippen LogP contribution >= 0.6 is 0 Å². The average molecular weight is 336 g/mol. The van der Waals surface area contributed by atoms with Gasteiger partial charge >= 0.3 is 11.6 Å². The Bertz CT molecular complexity index is 708. The molecule has 0 saturated carbocycles. The lowest BCUT2D eigenvalue weighted by Gasteiger charge is -2.06. The van der Waals surface area contributed by atoms with Crippen molar-refractivity contribution in [2.75, 3.05) is 13.7 Å². The minimum atomic E-state index is -0.570. The van der Waals surface area contributed by atoms with Crippen molar-refractivity contribution in [2.45, 2.75) is 32.9 Å². The van der Waals surface area contributed by atoms with Crippen LogP contribution in [0.2, 0.25) is 0 Å². The fourth-order valence-electron chi connectivity index (χ4n) is 2.17. The summed E-state index contributed by atoms with van der Waals surface area (Å²) in [7, 11) is 1.31. The molecular formula is C14H20N6O4. The van der Waals surface area contributed by atoms with Gasteiger partial charge in [0.15, 0.2) is 0 Å². The molecule has 2 heterocycles. The molecule has 2 aromatic rings. The molecule has 2 rings (SSSR count). The monoisotopic (exact) mass is 336 g/mol. The molecule has 0 aliphatic carbocycles. The smallest absolute Gasteiger partial charge is 0.350 e. The van der Waals surface area contributed by atoms with Crippen molar-refractivity contribution in [1.82, 2.24) is 24.9 Å². The molecule has 0 aliphatic heterocycles. The highest BCUT2D eigenvalue weighted by Crippen LogP contribution is 2.23. The summed E-state index contributed by atoms with van der Waals surface area (Å²) in [5, 5.41) is 21.7. The lowest BCUT2D eigenvalue weighted by molar-refractivity contribution is -0.385. The van der Waals surface area contributed by atoms with Crippen molar-refractivity contribution < 1.29 is 14.5 Å². The molecule has 0 aromatic carbocycles. The quantitative estimate of drug-likeness (QED) is 0.413. The van der Waals surface area contributed by atoms with Crippen LogP contribution in [0.1, 0.15) is 18.5 Å². The number of hydrogen-bond donors (Lipinski definition) is 1. The molecule has 1 amide bonds. The van der Waals surface area contributed by atoms with Crippen LogP contribution in [0.4, 0.5) is 5.69 Å². The van der Waals surface area contributed by atoms with Crippen LogP contribution in [0.25, 0.3) is 0 Å². The van der Waals surface area contributed by atoms with E-state index in [1.807, 2.05) is 17.7 Å². The predicted molar refractivity (Wildman–Crippen MR) is 84.6 cm³/mol. The minimum absolute atomic E-state index is 0.0602. The molecule has 2 aromatic heterocycles. The van der Waals surface area contributed by atoms with Crippen LogP contribution in [0.3, 0.4) is 0 Å².